The minimum atomic E-state index is -2.67. The third-order valence-corrected chi connectivity index (χ3v) is 8.80. The van der Waals surface area contributed by atoms with Crippen LogP contribution in [0.3, 0.4) is 0 Å². The molecule has 0 aromatic heterocycles. The minimum Gasteiger partial charge on any atom is -0.374 e. The quantitative estimate of drug-likeness (QED) is 0.379. The lowest BCUT2D eigenvalue weighted by atomic mass is 10.1. The summed E-state index contributed by atoms with van der Waals surface area (Å²) in [6, 6.07) is 12.7. The van der Waals surface area contributed by atoms with Gasteiger partial charge >= 0.3 is 8.80 Å². The van der Waals surface area contributed by atoms with Gasteiger partial charge in [-0.05, 0) is 38.5 Å². The van der Waals surface area contributed by atoms with E-state index in [4.69, 9.17) is 18.3 Å². The Morgan fingerprint density at radius 2 is 1.69 bits per heavy atom. The van der Waals surface area contributed by atoms with Crippen molar-refractivity contribution in [3.05, 3.63) is 51.3 Å². The van der Waals surface area contributed by atoms with Gasteiger partial charge in [-0.2, -0.15) is 5.26 Å². The molecule has 0 spiro atoms. The number of benzene rings is 1. The van der Waals surface area contributed by atoms with E-state index in [9.17, 15) is 10.1 Å². The molecule has 1 N–H and O–H groups in total. The highest BCUT2D eigenvalue weighted by Gasteiger charge is 2.39. The minimum absolute atomic E-state index is 0.172. The van der Waals surface area contributed by atoms with Crippen LogP contribution in [0.4, 0.5) is 5.69 Å². The Morgan fingerprint density at radius 3 is 2.34 bits per heavy atom. The first-order valence-electron chi connectivity index (χ1n) is 11.1. The normalized spacial score (nSPS) is 14.4. The molecule has 1 aromatic rings. The lowest BCUT2D eigenvalue weighted by Crippen LogP contribution is -2.46. The van der Waals surface area contributed by atoms with E-state index >= 15 is 0 Å². The molecule has 0 bridgehead atoms. The fourth-order valence-electron chi connectivity index (χ4n) is 4.50. The summed E-state index contributed by atoms with van der Waals surface area (Å²) in [7, 11) is -2.67. The summed E-state index contributed by atoms with van der Waals surface area (Å²) >= 11 is 0. The Labute approximate surface area is 187 Å². The molecule has 1 amide bonds. The second-order valence-corrected chi connectivity index (χ2v) is 10.3. The molecule has 4 rings (SSSR count). The van der Waals surface area contributed by atoms with Gasteiger partial charge in [0.1, 0.15) is 11.6 Å². The van der Waals surface area contributed by atoms with Crippen molar-refractivity contribution in [2.24, 2.45) is 4.99 Å². The Balaban J connectivity index is 1.69. The second-order valence-electron chi connectivity index (χ2n) is 7.52. The fourth-order valence-corrected chi connectivity index (χ4v) is 7.09. The molecule has 166 valence electrons. The first-order chi connectivity index (χ1) is 15.6. The number of nitriles is 1. The summed E-state index contributed by atoms with van der Waals surface area (Å²) < 4.78 is 17.8. The molecule has 1 heterocycles. The van der Waals surface area contributed by atoms with Crippen LogP contribution >= 0.6 is 0 Å². The summed E-state index contributed by atoms with van der Waals surface area (Å²) in [5, 5.41) is 17.8. The summed E-state index contributed by atoms with van der Waals surface area (Å²) in [6.07, 6.45) is 0.798. The van der Waals surface area contributed by atoms with Crippen LogP contribution in [0.15, 0.2) is 35.3 Å². The first-order valence-corrected chi connectivity index (χ1v) is 13.0. The number of carbonyl (C=O) groups excluding carboxylic acids is 1. The molecule has 1 aliphatic heterocycles. The van der Waals surface area contributed by atoms with Gasteiger partial charge < -0.3 is 18.6 Å². The monoisotopic (exact) mass is 449 g/mol. The molecular weight excluding hydrogens is 422 g/mol. The summed E-state index contributed by atoms with van der Waals surface area (Å²) in [6.45, 7) is 8.19. The van der Waals surface area contributed by atoms with Crippen molar-refractivity contribution in [1.82, 2.24) is 0 Å². The number of nitrogens with zero attached hydrogens (tertiary/aromatic N) is 2. The highest BCUT2D eigenvalue weighted by molar-refractivity contribution is 6.60. The summed E-state index contributed by atoms with van der Waals surface area (Å²) in [4.78, 5) is 17.0. The van der Waals surface area contributed by atoms with Gasteiger partial charge in [-0.15, -0.1) is 0 Å². The van der Waals surface area contributed by atoms with Crippen LogP contribution in [0, 0.1) is 21.8 Å². The molecule has 0 unspecified atom stereocenters. The molecule has 0 radical (unpaired) electrons. The maximum Gasteiger partial charge on any atom is 0.500 e. The van der Waals surface area contributed by atoms with E-state index in [2.05, 4.69) is 11.4 Å². The number of hydrogen-bond acceptors (Lipinski definition) is 6. The topological polar surface area (TPSA) is 92.9 Å². The van der Waals surface area contributed by atoms with Crippen molar-refractivity contribution in [1.29, 1.82) is 5.26 Å². The van der Waals surface area contributed by atoms with Crippen molar-refractivity contribution in [3.63, 3.8) is 0 Å². The van der Waals surface area contributed by atoms with E-state index in [0.29, 0.717) is 31.6 Å². The number of carbonyl (C=O) groups is 1. The maximum atomic E-state index is 12.2. The second kappa shape index (κ2) is 9.34. The van der Waals surface area contributed by atoms with Crippen LogP contribution in [0.1, 0.15) is 27.2 Å². The molecule has 0 fully saturated rings. The lowest BCUT2D eigenvalue weighted by Gasteiger charge is -2.28. The average molecular weight is 450 g/mol. The zero-order valence-corrected chi connectivity index (χ0v) is 19.7. The van der Waals surface area contributed by atoms with E-state index in [1.54, 1.807) is 0 Å². The van der Waals surface area contributed by atoms with Crippen LogP contribution in [0.2, 0.25) is 6.04 Å². The number of rotatable bonds is 10. The molecule has 0 atom stereocenters. The van der Waals surface area contributed by atoms with E-state index in [0.717, 1.165) is 44.7 Å². The van der Waals surface area contributed by atoms with Crippen LogP contribution < -0.4 is 15.9 Å². The van der Waals surface area contributed by atoms with Gasteiger partial charge in [0.25, 0.3) is 5.91 Å². The van der Waals surface area contributed by atoms with Crippen LogP contribution in [0.5, 0.6) is 0 Å². The van der Waals surface area contributed by atoms with Crippen molar-refractivity contribution < 1.29 is 18.1 Å². The smallest absolute Gasteiger partial charge is 0.374 e. The summed E-state index contributed by atoms with van der Waals surface area (Å²) in [5.74, 6) is -0.334. The third-order valence-electron chi connectivity index (χ3n) is 5.65. The van der Waals surface area contributed by atoms with Gasteiger partial charge in [-0.25, -0.2) is 0 Å². The van der Waals surface area contributed by atoms with Gasteiger partial charge in [-0.3, -0.25) is 9.79 Å². The lowest BCUT2D eigenvalue weighted by molar-refractivity contribution is -0.110. The number of nitrogens with one attached hydrogen (secondary N) is 1. The zero-order valence-electron chi connectivity index (χ0n) is 18.7. The standard InChI is InChI=1S/C24H27N3O4Si/c1-4-29-32(30-5-2,31-6-3)14-8-13-26-20-12-11-17-21-16(20)9-7-10-18(21)23-22(17)19(15-25)24(28)27-23/h7,9-12H,4-6,8,13-14H2,1-3H3,(H,27,28). The van der Waals surface area contributed by atoms with E-state index in [1.807, 2.05) is 51.1 Å². The van der Waals surface area contributed by atoms with Crippen molar-refractivity contribution in [2.75, 3.05) is 31.7 Å². The molecule has 0 saturated heterocycles. The maximum absolute atomic E-state index is 12.2. The number of fused-ring (bicyclic) bond motifs is 3. The largest absolute Gasteiger partial charge is 0.500 e. The predicted molar refractivity (Wildman–Crippen MR) is 124 cm³/mol. The molecule has 3 aliphatic rings. The molecule has 0 saturated carbocycles. The van der Waals surface area contributed by atoms with Crippen LogP contribution in [0.25, 0.3) is 16.3 Å². The van der Waals surface area contributed by atoms with Gasteiger partial charge in [0, 0.05) is 53.6 Å². The molecule has 7 nitrogen and oxygen atoms in total. The third kappa shape index (κ3) is 3.78. The predicted octanol–water partition coefficient (Wildman–Crippen LogP) is 2.69. The molecule has 32 heavy (non-hydrogen) atoms. The molecule has 8 heteroatoms. The SMILES string of the molecule is CCO[Si](CCCN=c1ccc2c3c(c4cccc1c4=2)NC(=O)C=3C#N)(OCC)OCC. The Hall–Kier alpha value is -2.83. The summed E-state index contributed by atoms with van der Waals surface area (Å²) in [5.41, 5.74) is 0.900. The van der Waals surface area contributed by atoms with Crippen molar-refractivity contribution >= 4 is 36.7 Å². The van der Waals surface area contributed by atoms with Crippen LogP contribution in [-0.4, -0.2) is 41.1 Å². The molecule has 2 aliphatic carbocycles. The first kappa shape index (κ1) is 22.4. The van der Waals surface area contributed by atoms with Gasteiger partial charge in [0.15, 0.2) is 0 Å². The Morgan fingerprint density at radius 1 is 1.00 bits per heavy atom. The van der Waals surface area contributed by atoms with Crippen LogP contribution in [-0.2, 0) is 18.1 Å². The highest BCUT2D eigenvalue weighted by Crippen LogP contribution is 2.25. The molecular formula is C24H27N3O4Si. The fraction of sp³-hybridized carbons (Fsp3) is 0.375. The van der Waals surface area contributed by atoms with Crippen molar-refractivity contribution in [2.45, 2.75) is 33.2 Å². The number of anilines is 1. The van der Waals surface area contributed by atoms with Crippen molar-refractivity contribution in [3.8, 4) is 6.07 Å². The van der Waals surface area contributed by atoms with Gasteiger partial charge in [0.2, 0.25) is 0 Å². The number of amides is 1. The van der Waals surface area contributed by atoms with Gasteiger partial charge in [-0.1, -0.05) is 24.3 Å². The number of hydrogen-bond donors (Lipinski definition) is 1. The van der Waals surface area contributed by atoms with Gasteiger partial charge in [0.05, 0.1) is 11.0 Å². The van der Waals surface area contributed by atoms with E-state index < -0.39 is 8.80 Å². The Bertz CT molecular complexity index is 1350. The van der Waals surface area contributed by atoms with E-state index in [1.165, 1.54) is 0 Å². The Kier molecular flexibility index (Phi) is 6.53. The van der Waals surface area contributed by atoms with E-state index in [-0.39, 0.29) is 11.5 Å². The average Bonchev–Trinajstić information content (AvgIpc) is 3.27. The molecule has 1 aromatic carbocycles. The zero-order chi connectivity index (χ0) is 22.7. The highest BCUT2D eigenvalue weighted by atomic mass is 28.4.